The third kappa shape index (κ3) is 3.82. The first-order chi connectivity index (χ1) is 8.78. The van der Waals surface area contributed by atoms with Gasteiger partial charge in [0.25, 0.3) is 0 Å². The number of carbonyl (C=O) groups excluding carboxylic acids is 1. The van der Waals surface area contributed by atoms with Gasteiger partial charge in [0.2, 0.25) is 5.91 Å². The molecule has 1 aliphatic rings. The molecule has 1 aromatic rings. The van der Waals surface area contributed by atoms with Crippen LogP contribution in [0.4, 0.5) is 0 Å². The molecule has 18 heavy (non-hydrogen) atoms. The number of amides is 1. The molecule has 2 N–H and O–H groups in total. The Balaban J connectivity index is 1.74. The van der Waals surface area contributed by atoms with E-state index >= 15 is 0 Å². The fraction of sp³-hybridized carbons (Fsp3) is 0.500. The van der Waals surface area contributed by atoms with Crippen LogP contribution < -0.4 is 5.32 Å². The van der Waals surface area contributed by atoms with Crippen LogP contribution in [0, 0.1) is 0 Å². The topological polar surface area (TPSA) is 58.6 Å². The van der Waals surface area contributed by atoms with Crippen molar-refractivity contribution in [3.8, 4) is 0 Å². The minimum absolute atomic E-state index is 0.0353. The lowest BCUT2D eigenvalue weighted by atomic mass is 10.1. The predicted octanol–water partition coefficient (Wildman–Crippen LogP) is 1.36. The first-order valence-electron chi connectivity index (χ1n) is 6.35. The third-order valence-electron chi connectivity index (χ3n) is 3.13. The van der Waals surface area contributed by atoms with Crippen LogP contribution in [-0.2, 0) is 22.7 Å². The molecule has 4 nitrogen and oxygen atoms in total. The molecule has 1 fully saturated rings. The van der Waals surface area contributed by atoms with Crippen molar-refractivity contribution in [2.45, 2.75) is 38.5 Å². The molecule has 1 aromatic carbocycles. The van der Waals surface area contributed by atoms with E-state index in [0.717, 1.165) is 30.6 Å². The molecule has 98 valence electrons. The number of hydrogen-bond acceptors (Lipinski definition) is 3. The average molecular weight is 249 g/mol. The lowest BCUT2D eigenvalue weighted by Gasteiger charge is -2.10. The molecule has 1 aliphatic heterocycles. The maximum Gasteiger partial charge on any atom is 0.222 e. The standard InChI is InChI=1S/C14H19NO3/c16-10-12-5-3-11(4-6-12)9-15-14(17)8-13-2-1-7-18-13/h3-6,13,16H,1-2,7-10H2,(H,15,17). The number of benzene rings is 1. The van der Waals surface area contributed by atoms with Crippen LogP contribution in [0.2, 0.25) is 0 Å². The van der Waals surface area contributed by atoms with E-state index in [2.05, 4.69) is 5.32 Å². The largest absolute Gasteiger partial charge is 0.392 e. The monoisotopic (exact) mass is 249 g/mol. The Bertz CT molecular complexity index is 383. The second kappa shape index (κ2) is 6.52. The highest BCUT2D eigenvalue weighted by atomic mass is 16.5. The van der Waals surface area contributed by atoms with Crippen LogP contribution in [0.1, 0.15) is 30.4 Å². The van der Waals surface area contributed by atoms with E-state index in [0.29, 0.717) is 13.0 Å². The molecule has 4 heteroatoms. The molecule has 1 amide bonds. The number of nitrogens with one attached hydrogen (secondary N) is 1. The van der Waals surface area contributed by atoms with Crippen molar-refractivity contribution < 1.29 is 14.6 Å². The molecule has 1 heterocycles. The Morgan fingerprint density at radius 2 is 2.06 bits per heavy atom. The SMILES string of the molecule is O=C(CC1CCCO1)NCc1ccc(CO)cc1. The molecule has 0 spiro atoms. The summed E-state index contributed by atoms with van der Waals surface area (Å²) in [5.74, 6) is 0.0353. The van der Waals surface area contributed by atoms with Crippen molar-refractivity contribution in [1.82, 2.24) is 5.32 Å². The van der Waals surface area contributed by atoms with Gasteiger partial charge in [-0.2, -0.15) is 0 Å². The van der Waals surface area contributed by atoms with Crippen LogP contribution >= 0.6 is 0 Å². The molecule has 2 rings (SSSR count). The number of aliphatic hydroxyl groups excluding tert-OH is 1. The normalized spacial score (nSPS) is 18.8. The van der Waals surface area contributed by atoms with Gasteiger partial charge in [0.1, 0.15) is 0 Å². The van der Waals surface area contributed by atoms with E-state index in [1.54, 1.807) is 0 Å². The van der Waals surface area contributed by atoms with Crippen molar-refractivity contribution in [3.63, 3.8) is 0 Å². The lowest BCUT2D eigenvalue weighted by Crippen LogP contribution is -2.26. The quantitative estimate of drug-likeness (QED) is 0.828. The lowest BCUT2D eigenvalue weighted by molar-refractivity contribution is -0.123. The summed E-state index contributed by atoms with van der Waals surface area (Å²) >= 11 is 0. The van der Waals surface area contributed by atoms with Crippen LogP contribution in [0.25, 0.3) is 0 Å². The third-order valence-corrected chi connectivity index (χ3v) is 3.13. The van der Waals surface area contributed by atoms with Crippen molar-refractivity contribution in [2.24, 2.45) is 0 Å². The minimum atomic E-state index is 0.0353. The van der Waals surface area contributed by atoms with Crippen molar-refractivity contribution in [3.05, 3.63) is 35.4 Å². The van der Waals surface area contributed by atoms with Gasteiger partial charge in [-0.05, 0) is 24.0 Å². The first-order valence-corrected chi connectivity index (χ1v) is 6.35. The maximum absolute atomic E-state index is 11.7. The Labute approximate surface area is 107 Å². The second-order valence-corrected chi connectivity index (χ2v) is 4.59. The zero-order chi connectivity index (χ0) is 12.8. The maximum atomic E-state index is 11.7. The van der Waals surface area contributed by atoms with E-state index in [-0.39, 0.29) is 18.6 Å². The first kappa shape index (κ1) is 13.1. The van der Waals surface area contributed by atoms with Crippen molar-refractivity contribution in [1.29, 1.82) is 0 Å². The highest BCUT2D eigenvalue weighted by Crippen LogP contribution is 2.15. The van der Waals surface area contributed by atoms with Crippen molar-refractivity contribution in [2.75, 3.05) is 6.61 Å². The smallest absolute Gasteiger partial charge is 0.222 e. The van der Waals surface area contributed by atoms with E-state index in [9.17, 15) is 4.79 Å². The molecule has 0 aromatic heterocycles. The fourth-order valence-corrected chi connectivity index (χ4v) is 2.05. The Hall–Kier alpha value is -1.39. The van der Waals surface area contributed by atoms with Gasteiger partial charge in [-0.15, -0.1) is 0 Å². The number of aliphatic hydroxyl groups is 1. The van der Waals surface area contributed by atoms with Gasteiger partial charge < -0.3 is 15.2 Å². The van der Waals surface area contributed by atoms with Gasteiger partial charge in [0.15, 0.2) is 0 Å². The Kier molecular flexibility index (Phi) is 4.73. The van der Waals surface area contributed by atoms with Crippen molar-refractivity contribution >= 4 is 5.91 Å². The second-order valence-electron chi connectivity index (χ2n) is 4.59. The van der Waals surface area contributed by atoms with Gasteiger partial charge in [0, 0.05) is 13.2 Å². The highest BCUT2D eigenvalue weighted by Gasteiger charge is 2.18. The number of ether oxygens (including phenoxy) is 1. The van der Waals surface area contributed by atoms with Crippen LogP contribution in [-0.4, -0.2) is 23.7 Å². The molecule has 1 saturated heterocycles. The van der Waals surface area contributed by atoms with Gasteiger partial charge in [-0.25, -0.2) is 0 Å². The van der Waals surface area contributed by atoms with Crippen LogP contribution in [0.15, 0.2) is 24.3 Å². The molecule has 0 radical (unpaired) electrons. The van der Waals surface area contributed by atoms with E-state index in [1.165, 1.54) is 0 Å². The molecular formula is C14H19NO3. The molecule has 0 saturated carbocycles. The minimum Gasteiger partial charge on any atom is -0.392 e. The zero-order valence-electron chi connectivity index (χ0n) is 10.4. The summed E-state index contributed by atoms with van der Waals surface area (Å²) in [5.41, 5.74) is 1.91. The summed E-state index contributed by atoms with van der Waals surface area (Å²) in [6, 6.07) is 7.55. The van der Waals surface area contributed by atoms with E-state index in [4.69, 9.17) is 9.84 Å². The van der Waals surface area contributed by atoms with Crippen LogP contribution in [0.5, 0.6) is 0 Å². The Morgan fingerprint density at radius 1 is 1.33 bits per heavy atom. The summed E-state index contributed by atoms with van der Waals surface area (Å²) in [7, 11) is 0. The summed E-state index contributed by atoms with van der Waals surface area (Å²) < 4.78 is 5.42. The molecule has 1 unspecified atom stereocenters. The van der Waals surface area contributed by atoms with E-state index < -0.39 is 0 Å². The molecule has 0 bridgehead atoms. The summed E-state index contributed by atoms with van der Waals surface area (Å²) in [5, 5.41) is 11.8. The average Bonchev–Trinajstić information content (AvgIpc) is 2.90. The van der Waals surface area contributed by atoms with Gasteiger partial charge in [-0.1, -0.05) is 24.3 Å². The predicted molar refractivity (Wildman–Crippen MR) is 67.8 cm³/mol. The summed E-state index contributed by atoms with van der Waals surface area (Å²) in [4.78, 5) is 11.7. The summed E-state index contributed by atoms with van der Waals surface area (Å²) in [6.45, 7) is 1.35. The van der Waals surface area contributed by atoms with Gasteiger partial charge in [0.05, 0.1) is 19.1 Å². The fourth-order valence-electron chi connectivity index (χ4n) is 2.05. The number of hydrogen-bond donors (Lipinski definition) is 2. The molecular weight excluding hydrogens is 230 g/mol. The van der Waals surface area contributed by atoms with E-state index in [1.807, 2.05) is 24.3 Å². The zero-order valence-corrected chi connectivity index (χ0v) is 10.4. The van der Waals surface area contributed by atoms with Gasteiger partial charge in [-0.3, -0.25) is 4.79 Å². The number of carbonyl (C=O) groups is 1. The number of rotatable bonds is 5. The molecule has 0 aliphatic carbocycles. The van der Waals surface area contributed by atoms with Gasteiger partial charge >= 0.3 is 0 Å². The highest BCUT2D eigenvalue weighted by molar-refractivity contribution is 5.76. The molecule has 1 atom stereocenters. The van der Waals surface area contributed by atoms with Crippen LogP contribution in [0.3, 0.4) is 0 Å². The summed E-state index contributed by atoms with van der Waals surface area (Å²) in [6.07, 6.45) is 2.59. The Morgan fingerprint density at radius 3 is 2.67 bits per heavy atom.